The summed E-state index contributed by atoms with van der Waals surface area (Å²) in [6, 6.07) is 0.127. The van der Waals surface area contributed by atoms with Gasteiger partial charge in [-0.15, -0.1) is 0 Å². The molecule has 1 atom stereocenters. The van der Waals surface area contributed by atoms with Crippen LogP contribution >= 0.6 is 11.6 Å². The Morgan fingerprint density at radius 2 is 1.74 bits per heavy atom. The molecule has 2 aliphatic rings. The average molecular weight is 567 g/mol. The Morgan fingerprint density at radius 3 is 2.28 bits per heavy atom. The van der Waals surface area contributed by atoms with Crippen molar-refractivity contribution in [3.8, 4) is 11.4 Å². The van der Waals surface area contributed by atoms with Gasteiger partial charge < -0.3 is 35.8 Å². The third-order valence-electron chi connectivity index (χ3n) is 5.75. The zero-order valence-corrected chi connectivity index (χ0v) is 21.7. The molecule has 1 aliphatic carbocycles. The highest BCUT2D eigenvalue weighted by molar-refractivity contribution is 6.29. The molecule has 1 saturated carbocycles. The number of hydrogen-bond donors (Lipinski definition) is 5. The van der Waals surface area contributed by atoms with Gasteiger partial charge in [-0.2, -0.15) is 0 Å². The van der Waals surface area contributed by atoms with E-state index in [2.05, 4.69) is 26.8 Å². The molecule has 17 heteroatoms. The molecule has 1 saturated heterocycles. The van der Waals surface area contributed by atoms with Crippen molar-refractivity contribution in [3.63, 3.8) is 0 Å². The first kappa shape index (κ1) is 29.2. The summed E-state index contributed by atoms with van der Waals surface area (Å²) in [4.78, 5) is 53.4. The van der Waals surface area contributed by atoms with Crippen molar-refractivity contribution in [2.24, 2.45) is 11.7 Å². The number of aromatic nitrogens is 6. The van der Waals surface area contributed by atoms with Gasteiger partial charge in [0.15, 0.2) is 22.8 Å². The van der Waals surface area contributed by atoms with Crippen LogP contribution in [0.1, 0.15) is 36.1 Å². The van der Waals surface area contributed by atoms with E-state index in [1.165, 1.54) is 12.8 Å². The zero-order chi connectivity index (χ0) is 28.9. The maximum atomic E-state index is 11.4. The lowest BCUT2D eigenvalue weighted by Gasteiger charge is -2.34. The van der Waals surface area contributed by atoms with E-state index < -0.39 is 18.2 Å². The first-order valence-corrected chi connectivity index (χ1v) is 12.0. The lowest BCUT2D eigenvalue weighted by atomic mass is 10.2. The molecule has 1 aliphatic heterocycles. The highest BCUT2D eigenvalue weighted by Gasteiger charge is 2.29. The quantitative estimate of drug-likeness (QED) is 0.278. The molecule has 3 aromatic rings. The molecule has 39 heavy (non-hydrogen) atoms. The number of morpholine rings is 1. The third-order valence-corrected chi connectivity index (χ3v) is 6.04. The summed E-state index contributed by atoms with van der Waals surface area (Å²) in [7, 11) is 0. The second kappa shape index (κ2) is 12.5. The minimum atomic E-state index is -1.83. The Hall–Kier alpha value is -4.31. The summed E-state index contributed by atoms with van der Waals surface area (Å²) in [5.41, 5.74) is 7.88. The Morgan fingerprint density at radius 1 is 1.10 bits per heavy atom. The predicted octanol–water partition coefficient (Wildman–Crippen LogP) is 2.42. The van der Waals surface area contributed by atoms with Crippen LogP contribution in [0.4, 0.5) is 15.4 Å². The number of nitrogens with zero attached hydrogens (tertiary/aromatic N) is 7. The highest BCUT2D eigenvalue weighted by atomic mass is 35.5. The van der Waals surface area contributed by atoms with Crippen LogP contribution in [0.3, 0.4) is 0 Å². The number of halogens is 1. The standard InChI is InChI=1S/C20H23ClN8O2.2CH2O3/c1-10-9-31-6-5-28(10)18-14-19(29(20(21)25-14)8-12-3-4-12)27-16(26-18)13-7-23-17(15(22)30)24-11(13)2;2*2-1(3)4/h7,10,12H,3-6,8-9H2,1-2H3,(H2,22,30);2*(H2,2,3,4)/t10-;;/m0../s1. The van der Waals surface area contributed by atoms with Gasteiger partial charge in [0.1, 0.15) is 0 Å². The number of amides is 1. The Labute approximate surface area is 226 Å². The smallest absolute Gasteiger partial charge is 0.450 e. The second-order valence-electron chi connectivity index (χ2n) is 8.72. The summed E-state index contributed by atoms with van der Waals surface area (Å²) >= 11 is 6.54. The normalized spacial score (nSPS) is 16.5. The number of imidazole rings is 1. The fourth-order valence-electron chi connectivity index (χ4n) is 3.85. The van der Waals surface area contributed by atoms with Crippen molar-refractivity contribution in [2.75, 3.05) is 24.7 Å². The molecular weight excluding hydrogens is 540 g/mol. The Bertz CT molecular complexity index is 1360. The number of hydrogen-bond acceptors (Lipinski definition) is 10. The van der Waals surface area contributed by atoms with Crippen LogP contribution in [0.25, 0.3) is 22.6 Å². The lowest BCUT2D eigenvalue weighted by Crippen LogP contribution is -2.44. The van der Waals surface area contributed by atoms with E-state index in [0.29, 0.717) is 65.0 Å². The van der Waals surface area contributed by atoms with Crippen LogP contribution in [-0.2, 0) is 11.3 Å². The number of fused-ring (bicyclic) bond motifs is 1. The van der Waals surface area contributed by atoms with Crippen LogP contribution in [0, 0.1) is 12.8 Å². The fraction of sp³-hybridized carbons (Fsp3) is 0.455. The molecule has 6 N–H and O–H groups in total. The van der Waals surface area contributed by atoms with E-state index >= 15 is 0 Å². The van der Waals surface area contributed by atoms with Crippen LogP contribution in [0.2, 0.25) is 5.28 Å². The van der Waals surface area contributed by atoms with Gasteiger partial charge in [-0.25, -0.2) is 34.5 Å². The second-order valence-corrected chi connectivity index (χ2v) is 9.06. The van der Waals surface area contributed by atoms with Crippen LogP contribution in [-0.4, -0.2) is 93.9 Å². The van der Waals surface area contributed by atoms with Gasteiger partial charge in [-0.05, 0) is 44.2 Å². The van der Waals surface area contributed by atoms with Gasteiger partial charge in [0, 0.05) is 19.3 Å². The molecule has 5 rings (SSSR count). The number of anilines is 1. The molecule has 210 valence electrons. The van der Waals surface area contributed by atoms with Gasteiger partial charge in [-0.3, -0.25) is 9.36 Å². The average Bonchev–Trinajstić information content (AvgIpc) is 3.61. The van der Waals surface area contributed by atoms with Crippen molar-refractivity contribution in [1.29, 1.82) is 0 Å². The maximum Gasteiger partial charge on any atom is 0.503 e. The third kappa shape index (κ3) is 7.61. The summed E-state index contributed by atoms with van der Waals surface area (Å²) in [6.07, 6.45) is 0.241. The van der Waals surface area contributed by atoms with Crippen molar-refractivity contribution < 1.29 is 39.5 Å². The molecule has 4 heterocycles. The van der Waals surface area contributed by atoms with Gasteiger partial charge in [0.05, 0.1) is 30.5 Å². The van der Waals surface area contributed by atoms with E-state index in [9.17, 15) is 4.79 Å². The number of rotatable bonds is 5. The summed E-state index contributed by atoms with van der Waals surface area (Å²) in [5, 5.41) is 28.3. The van der Waals surface area contributed by atoms with E-state index in [-0.39, 0.29) is 11.9 Å². The molecule has 2 fully saturated rings. The molecule has 0 radical (unpaired) electrons. The van der Waals surface area contributed by atoms with Crippen molar-refractivity contribution >= 4 is 46.8 Å². The number of aryl methyl sites for hydroxylation is 1. The lowest BCUT2D eigenvalue weighted by molar-refractivity contribution is 0.0986. The molecular formula is C22H27ClN8O8. The van der Waals surface area contributed by atoms with Crippen molar-refractivity contribution in [3.05, 3.63) is 23.0 Å². The molecule has 16 nitrogen and oxygen atoms in total. The molecule has 0 aromatic carbocycles. The molecule has 1 amide bonds. The van der Waals surface area contributed by atoms with Crippen LogP contribution < -0.4 is 10.6 Å². The van der Waals surface area contributed by atoms with Crippen LogP contribution in [0.15, 0.2) is 6.20 Å². The first-order valence-electron chi connectivity index (χ1n) is 11.6. The van der Waals surface area contributed by atoms with E-state index in [4.69, 9.17) is 62.1 Å². The van der Waals surface area contributed by atoms with Crippen molar-refractivity contribution in [2.45, 2.75) is 39.3 Å². The van der Waals surface area contributed by atoms with Gasteiger partial charge in [0.2, 0.25) is 11.1 Å². The molecule has 0 spiro atoms. The number of carbonyl (C=O) groups is 3. The monoisotopic (exact) mass is 566 g/mol. The maximum absolute atomic E-state index is 11.4. The van der Waals surface area contributed by atoms with Gasteiger partial charge in [0.25, 0.3) is 5.91 Å². The summed E-state index contributed by atoms with van der Waals surface area (Å²) < 4.78 is 7.57. The van der Waals surface area contributed by atoms with Gasteiger partial charge >= 0.3 is 12.3 Å². The minimum absolute atomic E-state index is 0.0360. The predicted molar refractivity (Wildman–Crippen MR) is 136 cm³/mol. The van der Waals surface area contributed by atoms with Gasteiger partial charge in [-0.1, -0.05) is 0 Å². The Balaban J connectivity index is 0.000000466. The van der Waals surface area contributed by atoms with Crippen LogP contribution in [0.5, 0.6) is 0 Å². The summed E-state index contributed by atoms with van der Waals surface area (Å²) in [5.74, 6) is 1.06. The number of carboxylic acid groups (broad SMARTS) is 4. The Kier molecular flexibility index (Phi) is 9.37. The number of primary amides is 1. The summed E-state index contributed by atoms with van der Waals surface area (Å²) in [6.45, 7) is 6.55. The number of ether oxygens (including phenoxy) is 1. The van der Waals surface area contributed by atoms with Crippen molar-refractivity contribution in [1.82, 2.24) is 29.5 Å². The SMILES string of the molecule is Cc1nc(C(N)=O)ncc1-c1nc(N2CCOC[C@@H]2C)c2nc(Cl)n(CC3CC3)c2n1.O=C(O)O.O=C(O)O. The van der Waals surface area contributed by atoms with E-state index in [1.807, 2.05) is 4.57 Å². The molecule has 0 unspecified atom stereocenters. The molecule has 3 aromatic heterocycles. The van der Waals surface area contributed by atoms with E-state index in [1.54, 1.807) is 13.1 Å². The number of carbonyl (C=O) groups excluding carboxylic acids is 1. The highest BCUT2D eigenvalue weighted by Crippen LogP contribution is 2.36. The minimum Gasteiger partial charge on any atom is -0.450 e. The fourth-order valence-corrected chi connectivity index (χ4v) is 4.08. The topological polar surface area (TPSA) is 240 Å². The molecule has 0 bridgehead atoms. The number of nitrogens with two attached hydrogens (primary N) is 1. The van der Waals surface area contributed by atoms with E-state index in [0.717, 1.165) is 6.54 Å². The first-order chi connectivity index (χ1) is 18.4. The zero-order valence-electron chi connectivity index (χ0n) is 21.0. The largest absolute Gasteiger partial charge is 0.503 e.